The highest BCUT2D eigenvalue weighted by atomic mass is 32.2. The normalized spacial score (nSPS) is 13.6. The van der Waals surface area contributed by atoms with Crippen LogP contribution in [0.15, 0.2) is 60.7 Å². The molecule has 0 aliphatic carbocycles. The Labute approximate surface area is 128 Å². The molecule has 2 unspecified atom stereocenters. The third kappa shape index (κ3) is 4.92. The van der Waals surface area contributed by atoms with Crippen molar-refractivity contribution in [3.05, 3.63) is 71.8 Å². The van der Waals surface area contributed by atoms with E-state index in [-0.39, 0.29) is 0 Å². The molecular formula is C17H18O3S. The Kier molecular flexibility index (Phi) is 5.84. The molecule has 3 nitrogen and oxygen atoms in total. The number of carboxylic acids is 1. The Morgan fingerprint density at radius 1 is 1.00 bits per heavy atom. The van der Waals surface area contributed by atoms with E-state index < -0.39 is 17.3 Å². The second-order valence-corrected chi connectivity index (χ2v) is 6.01. The van der Waals surface area contributed by atoms with Gasteiger partial charge in [-0.15, -0.1) is 11.8 Å². The van der Waals surface area contributed by atoms with E-state index in [1.807, 2.05) is 60.7 Å². The molecule has 0 saturated carbocycles. The van der Waals surface area contributed by atoms with Crippen molar-refractivity contribution < 1.29 is 15.0 Å². The first-order chi connectivity index (χ1) is 10.2. The molecule has 2 atom stereocenters. The van der Waals surface area contributed by atoms with Crippen molar-refractivity contribution in [2.24, 2.45) is 0 Å². The van der Waals surface area contributed by atoms with Gasteiger partial charge in [0.1, 0.15) is 5.25 Å². The summed E-state index contributed by atoms with van der Waals surface area (Å²) < 4.78 is 0. The van der Waals surface area contributed by atoms with Gasteiger partial charge in [0, 0.05) is 5.75 Å². The van der Waals surface area contributed by atoms with E-state index in [2.05, 4.69) is 0 Å². The van der Waals surface area contributed by atoms with Crippen LogP contribution in [-0.2, 0) is 11.2 Å². The standard InChI is InChI=1S/C17H18O3S/c18-15(14-9-5-2-6-10-14)12-21-16(17(19)20)11-13-7-3-1-4-8-13/h1-10,15-16,18H,11-12H2,(H,19,20). The van der Waals surface area contributed by atoms with E-state index in [1.165, 1.54) is 11.8 Å². The lowest BCUT2D eigenvalue weighted by atomic mass is 10.1. The Morgan fingerprint density at radius 2 is 1.57 bits per heavy atom. The first-order valence-electron chi connectivity index (χ1n) is 6.78. The smallest absolute Gasteiger partial charge is 0.316 e. The third-order valence-electron chi connectivity index (χ3n) is 3.18. The fourth-order valence-corrected chi connectivity index (χ4v) is 3.08. The number of rotatable bonds is 7. The lowest BCUT2D eigenvalue weighted by molar-refractivity contribution is -0.136. The van der Waals surface area contributed by atoms with Crippen LogP contribution < -0.4 is 0 Å². The second kappa shape index (κ2) is 7.86. The highest BCUT2D eigenvalue weighted by molar-refractivity contribution is 8.00. The molecule has 0 radical (unpaired) electrons. The molecule has 0 aliphatic heterocycles. The zero-order chi connectivity index (χ0) is 15.1. The Hall–Kier alpha value is -1.78. The Balaban J connectivity index is 1.93. The monoisotopic (exact) mass is 302 g/mol. The van der Waals surface area contributed by atoms with Crippen LogP contribution in [0.4, 0.5) is 0 Å². The molecular weight excluding hydrogens is 284 g/mol. The molecule has 2 aromatic carbocycles. The van der Waals surface area contributed by atoms with E-state index in [4.69, 9.17) is 0 Å². The summed E-state index contributed by atoms with van der Waals surface area (Å²) in [6.45, 7) is 0. The molecule has 0 heterocycles. The average Bonchev–Trinajstić information content (AvgIpc) is 2.52. The van der Waals surface area contributed by atoms with E-state index in [1.54, 1.807) is 0 Å². The summed E-state index contributed by atoms with van der Waals surface area (Å²) in [5.74, 6) is -0.475. The molecule has 4 heteroatoms. The van der Waals surface area contributed by atoms with Crippen LogP contribution >= 0.6 is 11.8 Å². The van der Waals surface area contributed by atoms with Gasteiger partial charge in [0.15, 0.2) is 0 Å². The zero-order valence-electron chi connectivity index (χ0n) is 11.6. The number of benzene rings is 2. The van der Waals surface area contributed by atoms with Crippen LogP contribution in [-0.4, -0.2) is 27.2 Å². The van der Waals surface area contributed by atoms with Crippen molar-refractivity contribution in [2.75, 3.05) is 5.75 Å². The SMILES string of the molecule is O=C(O)C(Cc1ccccc1)SCC(O)c1ccccc1. The van der Waals surface area contributed by atoms with E-state index in [0.29, 0.717) is 12.2 Å². The molecule has 0 bridgehead atoms. The van der Waals surface area contributed by atoms with Gasteiger partial charge < -0.3 is 10.2 Å². The largest absolute Gasteiger partial charge is 0.480 e. The predicted octanol–water partition coefficient (Wildman–Crippen LogP) is 3.15. The summed E-state index contributed by atoms with van der Waals surface area (Å²) in [7, 11) is 0. The summed E-state index contributed by atoms with van der Waals surface area (Å²) >= 11 is 1.28. The minimum atomic E-state index is -0.843. The summed E-state index contributed by atoms with van der Waals surface area (Å²) in [6, 6.07) is 18.9. The minimum Gasteiger partial charge on any atom is -0.480 e. The Bertz CT molecular complexity index is 557. The van der Waals surface area contributed by atoms with Crippen LogP contribution in [0.2, 0.25) is 0 Å². The van der Waals surface area contributed by atoms with Crippen LogP contribution in [0.1, 0.15) is 17.2 Å². The zero-order valence-corrected chi connectivity index (χ0v) is 12.4. The summed E-state index contributed by atoms with van der Waals surface area (Å²) in [5.41, 5.74) is 1.81. The third-order valence-corrected chi connectivity index (χ3v) is 4.46. The van der Waals surface area contributed by atoms with Gasteiger partial charge in [0.25, 0.3) is 0 Å². The van der Waals surface area contributed by atoms with Gasteiger partial charge in [0.05, 0.1) is 6.10 Å². The highest BCUT2D eigenvalue weighted by Crippen LogP contribution is 2.23. The van der Waals surface area contributed by atoms with Gasteiger partial charge >= 0.3 is 5.97 Å². The summed E-state index contributed by atoms with van der Waals surface area (Å²) in [6.07, 6.45) is -0.184. The van der Waals surface area contributed by atoms with Gasteiger partial charge in [0.2, 0.25) is 0 Å². The molecule has 0 amide bonds. The highest BCUT2D eigenvalue weighted by Gasteiger charge is 2.20. The van der Waals surface area contributed by atoms with Crippen LogP contribution in [0.3, 0.4) is 0 Å². The minimum absolute atomic E-state index is 0.369. The molecule has 2 N–H and O–H groups in total. The van der Waals surface area contributed by atoms with Crippen molar-refractivity contribution in [3.8, 4) is 0 Å². The first kappa shape index (κ1) is 15.6. The lowest BCUT2D eigenvalue weighted by Gasteiger charge is -2.15. The van der Waals surface area contributed by atoms with E-state index in [0.717, 1.165) is 11.1 Å². The number of carboxylic acid groups (broad SMARTS) is 1. The maximum absolute atomic E-state index is 11.4. The molecule has 21 heavy (non-hydrogen) atoms. The van der Waals surface area contributed by atoms with Crippen LogP contribution in [0.5, 0.6) is 0 Å². The average molecular weight is 302 g/mol. The number of thioether (sulfide) groups is 1. The second-order valence-electron chi connectivity index (χ2n) is 4.78. The maximum atomic E-state index is 11.4. The van der Waals surface area contributed by atoms with Crippen LogP contribution in [0.25, 0.3) is 0 Å². The van der Waals surface area contributed by atoms with Crippen molar-refractivity contribution in [2.45, 2.75) is 17.8 Å². The summed E-state index contributed by atoms with van der Waals surface area (Å²) in [5, 5.41) is 18.9. The molecule has 2 rings (SSSR count). The molecule has 0 saturated heterocycles. The molecule has 0 spiro atoms. The molecule has 2 aromatic rings. The lowest BCUT2D eigenvalue weighted by Crippen LogP contribution is -2.21. The molecule has 0 aliphatic rings. The molecule has 0 fully saturated rings. The van der Waals surface area contributed by atoms with Crippen molar-refractivity contribution in [1.82, 2.24) is 0 Å². The van der Waals surface area contributed by atoms with Crippen molar-refractivity contribution in [3.63, 3.8) is 0 Å². The van der Waals surface area contributed by atoms with Crippen molar-refractivity contribution >= 4 is 17.7 Å². The number of hydrogen-bond donors (Lipinski definition) is 2. The Morgan fingerprint density at radius 3 is 2.14 bits per heavy atom. The van der Waals surface area contributed by atoms with Gasteiger partial charge in [-0.1, -0.05) is 60.7 Å². The number of hydrogen-bond acceptors (Lipinski definition) is 3. The van der Waals surface area contributed by atoms with Crippen LogP contribution in [0, 0.1) is 0 Å². The molecule has 0 aromatic heterocycles. The number of aliphatic carboxylic acids is 1. The number of carbonyl (C=O) groups is 1. The fraction of sp³-hybridized carbons (Fsp3) is 0.235. The van der Waals surface area contributed by atoms with Crippen molar-refractivity contribution in [1.29, 1.82) is 0 Å². The first-order valence-corrected chi connectivity index (χ1v) is 7.83. The quantitative estimate of drug-likeness (QED) is 0.825. The van der Waals surface area contributed by atoms with Gasteiger partial charge in [-0.25, -0.2) is 0 Å². The number of aliphatic hydroxyl groups excluding tert-OH is 1. The molecule has 110 valence electrons. The summed E-state index contributed by atoms with van der Waals surface area (Å²) in [4.78, 5) is 11.4. The van der Waals surface area contributed by atoms with E-state index >= 15 is 0 Å². The fourth-order valence-electron chi connectivity index (χ4n) is 2.02. The maximum Gasteiger partial charge on any atom is 0.316 e. The van der Waals surface area contributed by atoms with Gasteiger partial charge in [-0.3, -0.25) is 4.79 Å². The van der Waals surface area contributed by atoms with Gasteiger partial charge in [-0.2, -0.15) is 0 Å². The topological polar surface area (TPSA) is 57.5 Å². The van der Waals surface area contributed by atoms with Gasteiger partial charge in [-0.05, 0) is 17.5 Å². The van der Waals surface area contributed by atoms with E-state index in [9.17, 15) is 15.0 Å². The number of aliphatic hydroxyl groups is 1. The predicted molar refractivity (Wildman–Crippen MR) is 85.4 cm³/mol.